The minimum atomic E-state index is -0.842. The molecular formula is C31H34FN5O3. The van der Waals surface area contributed by atoms with Gasteiger partial charge in [0.15, 0.2) is 0 Å². The first kappa shape index (κ1) is 27.2. The zero-order valence-corrected chi connectivity index (χ0v) is 22.4. The third kappa shape index (κ3) is 6.10. The second-order valence-electron chi connectivity index (χ2n) is 10.1. The van der Waals surface area contributed by atoms with Gasteiger partial charge < -0.3 is 31.0 Å². The van der Waals surface area contributed by atoms with E-state index in [0.717, 1.165) is 22.0 Å². The van der Waals surface area contributed by atoms with E-state index < -0.39 is 6.04 Å². The van der Waals surface area contributed by atoms with E-state index in [1.807, 2.05) is 55.6 Å². The van der Waals surface area contributed by atoms with Crippen LogP contribution in [0, 0.1) is 5.82 Å². The highest BCUT2D eigenvalue weighted by Gasteiger charge is 2.33. The van der Waals surface area contributed by atoms with Crippen LogP contribution in [0.25, 0.3) is 10.9 Å². The van der Waals surface area contributed by atoms with Crippen LogP contribution < -0.4 is 21.1 Å². The second kappa shape index (κ2) is 12.2. The normalized spacial score (nSPS) is 15.4. The average molecular weight is 544 g/mol. The van der Waals surface area contributed by atoms with E-state index in [4.69, 9.17) is 10.5 Å². The number of urea groups is 1. The molecule has 2 atom stereocenters. The summed E-state index contributed by atoms with van der Waals surface area (Å²) in [6, 6.07) is 20.1. The van der Waals surface area contributed by atoms with Crippen molar-refractivity contribution in [1.29, 1.82) is 0 Å². The Bertz CT molecular complexity index is 1460. The second-order valence-corrected chi connectivity index (χ2v) is 10.1. The van der Waals surface area contributed by atoms with E-state index in [-0.39, 0.29) is 36.3 Å². The number of hydrogen-bond acceptors (Lipinski definition) is 4. The van der Waals surface area contributed by atoms with Gasteiger partial charge in [-0.2, -0.15) is 0 Å². The molecule has 8 nitrogen and oxygen atoms in total. The van der Waals surface area contributed by atoms with Gasteiger partial charge in [0.05, 0.1) is 0 Å². The van der Waals surface area contributed by atoms with Crippen molar-refractivity contribution in [2.75, 3.05) is 18.4 Å². The SMILES string of the molecule is CC(c1c[nH]c2ccccc12)C(NC(=O)N1CCC(Oc2ccc(F)cc2)CC1)C(=O)Nc1ccccc1CN. The van der Waals surface area contributed by atoms with Gasteiger partial charge in [0.25, 0.3) is 0 Å². The summed E-state index contributed by atoms with van der Waals surface area (Å²) < 4.78 is 19.2. The number of halogens is 1. The molecule has 4 aromatic rings. The van der Waals surface area contributed by atoms with Crippen LogP contribution in [-0.2, 0) is 11.3 Å². The molecule has 3 amide bonds. The number of amides is 3. The maximum absolute atomic E-state index is 13.7. The third-order valence-corrected chi connectivity index (χ3v) is 7.51. The molecule has 2 unspecified atom stereocenters. The Labute approximate surface area is 232 Å². The molecule has 5 rings (SSSR count). The number of piperidine rings is 1. The van der Waals surface area contributed by atoms with Gasteiger partial charge in [-0.15, -0.1) is 0 Å². The van der Waals surface area contributed by atoms with Crippen molar-refractivity contribution in [1.82, 2.24) is 15.2 Å². The first-order chi connectivity index (χ1) is 19.4. The maximum atomic E-state index is 13.7. The molecular weight excluding hydrogens is 509 g/mol. The molecule has 0 spiro atoms. The zero-order chi connectivity index (χ0) is 28.1. The van der Waals surface area contributed by atoms with E-state index in [1.54, 1.807) is 23.1 Å². The molecule has 1 aromatic heterocycles. The highest BCUT2D eigenvalue weighted by atomic mass is 19.1. The Morgan fingerprint density at radius 2 is 1.75 bits per heavy atom. The quantitative estimate of drug-likeness (QED) is 0.247. The fourth-order valence-corrected chi connectivity index (χ4v) is 5.21. The van der Waals surface area contributed by atoms with Crippen LogP contribution in [0.1, 0.15) is 36.8 Å². The number of aromatic amines is 1. The number of para-hydroxylation sites is 2. The lowest BCUT2D eigenvalue weighted by Gasteiger charge is -2.34. The molecule has 1 saturated heterocycles. The molecule has 208 valence electrons. The molecule has 2 heterocycles. The third-order valence-electron chi connectivity index (χ3n) is 7.51. The van der Waals surface area contributed by atoms with Crippen molar-refractivity contribution >= 4 is 28.5 Å². The number of benzene rings is 3. The van der Waals surface area contributed by atoms with Crippen LogP contribution in [0.4, 0.5) is 14.9 Å². The Kier molecular flexibility index (Phi) is 8.31. The summed E-state index contributed by atoms with van der Waals surface area (Å²) >= 11 is 0. The van der Waals surface area contributed by atoms with Crippen LogP contribution in [0.3, 0.4) is 0 Å². The number of hydrogen-bond donors (Lipinski definition) is 4. The van der Waals surface area contributed by atoms with E-state index in [0.29, 0.717) is 37.4 Å². The summed E-state index contributed by atoms with van der Waals surface area (Å²) in [5.41, 5.74) is 9.22. The molecule has 0 aliphatic carbocycles. The number of nitrogens with zero attached hydrogens (tertiary/aromatic N) is 1. The van der Waals surface area contributed by atoms with E-state index in [2.05, 4.69) is 15.6 Å². The molecule has 1 fully saturated rings. The van der Waals surface area contributed by atoms with Crippen LogP contribution in [-0.4, -0.2) is 47.1 Å². The van der Waals surface area contributed by atoms with Gasteiger partial charge in [0.2, 0.25) is 5.91 Å². The number of rotatable bonds is 8. The smallest absolute Gasteiger partial charge is 0.318 e. The first-order valence-electron chi connectivity index (χ1n) is 13.6. The van der Waals surface area contributed by atoms with E-state index >= 15 is 0 Å². The lowest BCUT2D eigenvalue weighted by Crippen LogP contribution is -2.53. The number of likely N-dealkylation sites (tertiary alicyclic amines) is 1. The molecule has 3 aromatic carbocycles. The van der Waals surface area contributed by atoms with Crippen LogP contribution in [0.5, 0.6) is 5.75 Å². The largest absolute Gasteiger partial charge is 0.490 e. The fraction of sp³-hybridized carbons (Fsp3) is 0.290. The van der Waals surface area contributed by atoms with Crippen LogP contribution in [0.15, 0.2) is 79.0 Å². The number of anilines is 1. The summed E-state index contributed by atoms with van der Waals surface area (Å²) in [4.78, 5) is 32.1. The average Bonchev–Trinajstić information content (AvgIpc) is 3.41. The van der Waals surface area contributed by atoms with Crippen molar-refractivity contribution in [2.45, 2.75) is 44.4 Å². The number of carbonyl (C=O) groups excluding carboxylic acids is 2. The number of H-pyrrole nitrogens is 1. The fourth-order valence-electron chi connectivity index (χ4n) is 5.21. The molecule has 0 bridgehead atoms. The summed E-state index contributed by atoms with van der Waals surface area (Å²) in [7, 11) is 0. The number of aromatic nitrogens is 1. The lowest BCUT2D eigenvalue weighted by atomic mass is 9.92. The lowest BCUT2D eigenvalue weighted by molar-refractivity contribution is -0.118. The van der Waals surface area contributed by atoms with Gasteiger partial charge in [-0.05, 0) is 47.5 Å². The zero-order valence-electron chi connectivity index (χ0n) is 22.4. The molecule has 40 heavy (non-hydrogen) atoms. The van der Waals surface area contributed by atoms with Crippen molar-refractivity contribution in [2.24, 2.45) is 5.73 Å². The molecule has 0 saturated carbocycles. The van der Waals surface area contributed by atoms with Crippen LogP contribution in [0.2, 0.25) is 0 Å². The predicted molar refractivity (Wildman–Crippen MR) is 154 cm³/mol. The monoisotopic (exact) mass is 543 g/mol. The number of nitrogens with one attached hydrogen (secondary N) is 3. The van der Waals surface area contributed by atoms with Crippen molar-refractivity contribution < 1.29 is 18.7 Å². The van der Waals surface area contributed by atoms with Gasteiger partial charge in [0.1, 0.15) is 23.7 Å². The molecule has 5 N–H and O–H groups in total. The van der Waals surface area contributed by atoms with Gasteiger partial charge in [-0.25, -0.2) is 9.18 Å². The summed E-state index contributed by atoms with van der Waals surface area (Å²) in [6.07, 6.45) is 3.08. The van der Waals surface area contributed by atoms with E-state index in [1.165, 1.54) is 12.1 Å². The number of ether oxygens (including phenoxy) is 1. The van der Waals surface area contributed by atoms with Crippen molar-refractivity contribution in [3.05, 3.63) is 95.9 Å². The molecule has 1 aliphatic heterocycles. The number of nitrogens with two attached hydrogens (primary N) is 1. The Morgan fingerprint density at radius 3 is 2.50 bits per heavy atom. The number of carbonyl (C=O) groups is 2. The maximum Gasteiger partial charge on any atom is 0.318 e. The minimum absolute atomic E-state index is 0.0773. The molecule has 9 heteroatoms. The standard InChI is InChI=1S/C31H34FN5O3/c1-20(26-19-34-28-9-5-3-7-25(26)28)29(30(38)35-27-8-4-2-6-21(27)18-33)36-31(39)37-16-14-24(15-17-37)40-23-12-10-22(32)11-13-23/h2-13,19-20,24,29,34H,14-18,33H2,1H3,(H,35,38)(H,36,39). The van der Waals surface area contributed by atoms with Gasteiger partial charge in [-0.1, -0.05) is 43.3 Å². The molecule has 1 aliphatic rings. The first-order valence-corrected chi connectivity index (χ1v) is 13.6. The van der Waals surface area contributed by atoms with E-state index in [9.17, 15) is 14.0 Å². The van der Waals surface area contributed by atoms with Gasteiger partial charge >= 0.3 is 6.03 Å². The summed E-state index contributed by atoms with van der Waals surface area (Å²) in [6.45, 7) is 3.17. The predicted octanol–water partition coefficient (Wildman–Crippen LogP) is 5.13. The van der Waals surface area contributed by atoms with Gasteiger partial charge in [-0.3, -0.25) is 4.79 Å². The topological polar surface area (TPSA) is 112 Å². The van der Waals surface area contributed by atoms with Gasteiger partial charge in [0, 0.05) is 61.2 Å². The Morgan fingerprint density at radius 1 is 1.05 bits per heavy atom. The number of fused-ring (bicyclic) bond motifs is 1. The van der Waals surface area contributed by atoms with Crippen molar-refractivity contribution in [3.8, 4) is 5.75 Å². The minimum Gasteiger partial charge on any atom is -0.490 e. The summed E-state index contributed by atoms with van der Waals surface area (Å²) in [5, 5.41) is 7.01. The van der Waals surface area contributed by atoms with Crippen molar-refractivity contribution in [3.63, 3.8) is 0 Å². The molecule has 0 radical (unpaired) electrons. The highest BCUT2D eigenvalue weighted by Crippen LogP contribution is 2.29. The Hall–Kier alpha value is -4.37. The van der Waals surface area contributed by atoms with Crippen LogP contribution >= 0.6 is 0 Å². The Balaban J connectivity index is 1.30. The summed E-state index contributed by atoms with van der Waals surface area (Å²) in [5.74, 6) is -0.358. The highest BCUT2D eigenvalue weighted by molar-refractivity contribution is 5.99.